The summed E-state index contributed by atoms with van der Waals surface area (Å²) in [5.74, 6) is 0.203. The van der Waals surface area contributed by atoms with E-state index >= 15 is 0 Å². The lowest BCUT2D eigenvalue weighted by Gasteiger charge is -2.13. The topological polar surface area (TPSA) is 39.4 Å². The number of hydrogen-bond donors (Lipinski definition) is 0. The van der Waals surface area contributed by atoms with E-state index in [4.69, 9.17) is 9.15 Å². The third-order valence-electron chi connectivity index (χ3n) is 4.59. The van der Waals surface area contributed by atoms with Crippen molar-refractivity contribution in [2.75, 3.05) is 0 Å². The largest absolute Gasteiger partial charge is 0.488 e. The lowest BCUT2D eigenvalue weighted by Crippen LogP contribution is -2.02. The molecule has 0 aliphatic carbocycles. The normalized spacial score (nSPS) is 11.0. The van der Waals surface area contributed by atoms with Crippen molar-refractivity contribution in [1.82, 2.24) is 0 Å². The van der Waals surface area contributed by atoms with Crippen LogP contribution in [0.25, 0.3) is 22.1 Å². The van der Waals surface area contributed by atoms with Crippen LogP contribution in [0.3, 0.4) is 0 Å². The van der Waals surface area contributed by atoms with Gasteiger partial charge in [0.05, 0.1) is 0 Å². The maximum Gasteiger partial charge on any atom is 0.336 e. The summed E-state index contributed by atoms with van der Waals surface area (Å²) in [6, 6.07) is 19.7. The van der Waals surface area contributed by atoms with Crippen molar-refractivity contribution in [3.05, 3.63) is 98.6 Å². The summed E-state index contributed by atoms with van der Waals surface area (Å²) < 4.78 is 26.0. The Morgan fingerprint density at radius 2 is 1.82 bits per heavy atom. The molecule has 5 heteroatoms. The quantitative estimate of drug-likeness (QED) is 0.353. The molecular weight excluding hydrogens is 423 g/mol. The fourth-order valence-electron chi connectivity index (χ4n) is 3.15. The van der Waals surface area contributed by atoms with Gasteiger partial charge in [0.1, 0.15) is 23.8 Å². The zero-order valence-electron chi connectivity index (χ0n) is 15.0. The van der Waals surface area contributed by atoms with E-state index in [9.17, 15) is 9.18 Å². The number of rotatable bonds is 4. The summed E-state index contributed by atoms with van der Waals surface area (Å²) in [4.78, 5) is 12.1. The molecule has 0 bridgehead atoms. The molecular formula is C23H16BrFO3. The van der Waals surface area contributed by atoms with E-state index in [1.807, 2.05) is 49.4 Å². The van der Waals surface area contributed by atoms with Crippen LogP contribution in [0.15, 0.2) is 80.4 Å². The zero-order chi connectivity index (χ0) is 19.7. The minimum atomic E-state index is -0.425. The predicted molar refractivity (Wildman–Crippen MR) is 111 cm³/mol. The van der Waals surface area contributed by atoms with E-state index in [0.29, 0.717) is 26.9 Å². The SMILES string of the molecule is Cc1c(OCc2ccc(Br)cc2F)ccc2c(-c3ccccc3)cc(=O)oc12. The summed E-state index contributed by atoms with van der Waals surface area (Å²) in [6.07, 6.45) is 0. The van der Waals surface area contributed by atoms with Crippen LogP contribution in [0.4, 0.5) is 4.39 Å². The Hall–Kier alpha value is -2.92. The van der Waals surface area contributed by atoms with Gasteiger partial charge in [-0.25, -0.2) is 9.18 Å². The van der Waals surface area contributed by atoms with Crippen LogP contribution >= 0.6 is 15.9 Å². The van der Waals surface area contributed by atoms with Crippen molar-refractivity contribution in [3.8, 4) is 16.9 Å². The van der Waals surface area contributed by atoms with Gasteiger partial charge in [-0.1, -0.05) is 52.3 Å². The molecule has 0 N–H and O–H groups in total. The molecule has 28 heavy (non-hydrogen) atoms. The molecule has 0 spiro atoms. The van der Waals surface area contributed by atoms with Gasteiger partial charge in [0.15, 0.2) is 0 Å². The van der Waals surface area contributed by atoms with Gasteiger partial charge in [-0.05, 0) is 42.3 Å². The standard InChI is InChI=1S/C23H16BrFO3/c1-14-21(27-13-16-7-8-17(24)11-20(16)25)10-9-18-19(12-22(26)28-23(14)18)15-5-3-2-4-6-15/h2-12H,13H2,1H3. The van der Waals surface area contributed by atoms with Crippen molar-refractivity contribution in [2.45, 2.75) is 13.5 Å². The summed E-state index contributed by atoms with van der Waals surface area (Å²) in [7, 11) is 0. The average molecular weight is 439 g/mol. The third-order valence-corrected chi connectivity index (χ3v) is 5.09. The van der Waals surface area contributed by atoms with Gasteiger partial charge in [0.25, 0.3) is 0 Å². The van der Waals surface area contributed by atoms with E-state index in [0.717, 1.165) is 16.5 Å². The predicted octanol–water partition coefficient (Wildman–Crippen LogP) is 6.25. The molecule has 0 aliphatic rings. The average Bonchev–Trinajstić information content (AvgIpc) is 2.69. The molecule has 140 valence electrons. The third kappa shape index (κ3) is 3.58. The van der Waals surface area contributed by atoms with Crippen LogP contribution in [0.5, 0.6) is 5.75 Å². The van der Waals surface area contributed by atoms with E-state index in [1.165, 1.54) is 12.1 Å². The van der Waals surface area contributed by atoms with Crippen molar-refractivity contribution in [2.24, 2.45) is 0 Å². The highest BCUT2D eigenvalue weighted by molar-refractivity contribution is 9.10. The minimum absolute atomic E-state index is 0.0774. The first-order valence-electron chi connectivity index (χ1n) is 8.72. The molecule has 0 aliphatic heterocycles. The Kier molecular flexibility index (Phi) is 5.01. The molecule has 4 aromatic rings. The van der Waals surface area contributed by atoms with Crippen molar-refractivity contribution in [1.29, 1.82) is 0 Å². The van der Waals surface area contributed by atoms with E-state index in [-0.39, 0.29) is 12.4 Å². The molecule has 3 aromatic carbocycles. The zero-order valence-corrected chi connectivity index (χ0v) is 16.6. The van der Waals surface area contributed by atoms with Crippen LogP contribution < -0.4 is 10.4 Å². The van der Waals surface area contributed by atoms with Crippen molar-refractivity contribution in [3.63, 3.8) is 0 Å². The molecule has 3 nitrogen and oxygen atoms in total. The first-order chi connectivity index (χ1) is 13.5. The van der Waals surface area contributed by atoms with Crippen LogP contribution in [-0.4, -0.2) is 0 Å². The summed E-state index contributed by atoms with van der Waals surface area (Å²) >= 11 is 3.24. The maximum absolute atomic E-state index is 14.0. The Bertz CT molecular complexity index is 1220. The molecule has 4 rings (SSSR count). The summed E-state index contributed by atoms with van der Waals surface area (Å²) in [5, 5.41) is 0.825. The van der Waals surface area contributed by atoms with Crippen LogP contribution in [0.2, 0.25) is 0 Å². The van der Waals surface area contributed by atoms with Crippen LogP contribution in [-0.2, 0) is 6.61 Å². The smallest absolute Gasteiger partial charge is 0.336 e. The molecule has 0 radical (unpaired) electrons. The fourth-order valence-corrected chi connectivity index (χ4v) is 3.48. The van der Waals surface area contributed by atoms with Gasteiger partial charge >= 0.3 is 5.63 Å². The first-order valence-corrected chi connectivity index (χ1v) is 9.52. The minimum Gasteiger partial charge on any atom is -0.488 e. The molecule has 0 saturated heterocycles. The molecule has 1 heterocycles. The highest BCUT2D eigenvalue weighted by Gasteiger charge is 2.14. The second-order valence-electron chi connectivity index (χ2n) is 6.43. The maximum atomic E-state index is 14.0. The first kappa shape index (κ1) is 18.4. The Labute approximate surface area is 169 Å². The van der Waals surface area contributed by atoms with Gasteiger partial charge in [0, 0.05) is 27.1 Å². The number of benzene rings is 3. The van der Waals surface area contributed by atoms with Gasteiger partial charge in [-0.3, -0.25) is 0 Å². The number of aryl methyl sites for hydroxylation is 1. The molecule has 1 aromatic heterocycles. The number of hydrogen-bond acceptors (Lipinski definition) is 3. The van der Waals surface area contributed by atoms with Crippen LogP contribution in [0.1, 0.15) is 11.1 Å². The van der Waals surface area contributed by atoms with Gasteiger partial charge < -0.3 is 9.15 Å². The van der Waals surface area contributed by atoms with Crippen molar-refractivity contribution >= 4 is 26.9 Å². The highest BCUT2D eigenvalue weighted by Crippen LogP contribution is 2.33. The van der Waals surface area contributed by atoms with E-state index in [2.05, 4.69) is 15.9 Å². The monoisotopic (exact) mass is 438 g/mol. The Morgan fingerprint density at radius 3 is 2.57 bits per heavy atom. The Balaban J connectivity index is 1.74. The van der Waals surface area contributed by atoms with Gasteiger partial charge in [-0.2, -0.15) is 0 Å². The molecule has 0 amide bonds. The van der Waals surface area contributed by atoms with Gasteiger partial charge in [0.2, 0.25) is 0 Å². The number of ether oxygens (including phenoxy) is 1. The van der Waals surface area contributed by atoms with Crippen LogP contribution in [0, 0.1) is 12.7 Å². The van der Waals surface area contributed by atoms with E-state index < -0.39 is 5.63 Å². The highest BCUT2D eigenvalue weighted by atomic mass is 79.9. The molecule has 0 atom stereocenters. The Morgan fingerprint density at radius 1 is 1.04 bits per heavy atom. The summed E-state index contributed by atoms with van der Waals surface area (Å²) in [5.41, 5.74) is 2.93. The van der Waals surface area contributed by atoms with E-state index in [1.54, 1.807) is 12.1 Å². The second kappa shape index (κ2) is 7.60. The molecule has 0 saturated carbocycles. The lowest BCUT2D eigenvalue weighted by atomic mass is 10.0. The second-order valence-corrected chi connectivity index (χ2v) is 7.35. The summed E-state index contributed by atoms with van der Waals surface area (Å²) in [6.45, 7) is 1.90. The molecule has 0 fully saturated rings. The molecule has 0 unspecified atom stereocenters. The number of fused-ring (bicyclic) bond motifs is 1. The fraction of sp³-hybridized carbons (Fsp3) is 0.0870. The lowest BCUT2D eigenvalue weighted by molar-refractivity contribution is 0.297. The van der Waals surface area contributed by atoms with Gasteiger partial charge in [-0.15, -0.1) is 0 Å². The number of halogens is 2. The van der Waals surface area contributed by atoms with Crippen molar-refractivity contribution < 1.29 is 13.5 Å².